The highest BCUT2D eigenvalue weighted by Crippen LogP contribution is 2.19. The number of anilines is 1. The van der Waals surface area contributed by atoms with Crippen molar-refractivity contribution in [3.8, 4) is 0 Å². The zero-order valence-corrected chi connectivity index (χ0v) is 17.5. The third-order valence-corrected chi connectivity index (χ3v) is 5.31. The van der Waals surface area contributed by atoms with Crippen molar-refractivity contribution in [2.24, 2.45) is 0 Å². The lowest BCUT2D eigenvalue weighted by molar-refractivity contribution is -0.119. The third kappa shape index (κ3) is 7.07. The molecule has 0 unspecified atom stereocenters. The summed E-state index contributed by atoms with van der Waals surface area (Å²) < 4.78 is 0. The minimum atomic E-state index is -0.140. The number of amides is 2. The normalized spacial score (nSPS) is 13.3. The maximum atomic E-state index is 12.6. The van der Waals surface area contributed by atoms with Crippen LogP contribution in [0.25, 0.3) is 0 Å². The number of allylic oxidation sites excluding steroid dienone is 1. The van der Waals surface area contributed by atoms with Gasteiger partial charge in [-0.05, 0) is 56.2 Å². The van der Waals surface area contributed by atoms with Crippen molar-refractivity contribution in [3.63, 3.8) is 0 Å². The van der Waals surface area contributed by atoms with Gasteiger partial charge < -0.3 is 16.0 Å². The molecule has 30 heavy (non-hydrogen) atoms. The number of rotatable bonds is 10. The van der Waals surface area contributed by atoms with Crippen molar-refractivity contribution >= 4 is 17.5 Å². The smallest absolute Gasteiger partial charge is 0.253 e. The molecule has 2 aromatic rings. The summed E-state index contributed by atoms with van der Waals surface area (Å²) in [5.41, 5.74) is 3.85. The van der Waals surface area contributed by atoms with Gasteiger partial charge in [0.15, 0.2) is 0 Å². The molecule has 0 aliphatic heterocycles. The van der Waals surface area contributed by atoms with Crippen LogP contribution in [0.2, 0.25) is 0 Å². The van der Waals surface area contributed by atoms with Gasteiger partial charge in [-0.15, -0.1) is 0 Å². The van der Waals surface area contributed by atoms with E-state index in [0.717, 1.165) is 25.7 Å². The van der Waals surface area contributed by atoms with Crippen LogP contribution in [0.3, 0.4) is 0 Å². The van der Waals surface area contributed by atoms with Crippen LogP contribution < -0.4 is 16.0 Å². The molecular formula is C25H31N3O2. The number of benzene rings is 2. The Labute approximate surface area is 179 Å². The zero-order valence-electron chi connectivity index (χ0n) is 17.5. The molecule has 158 valence electrons. The number of hydrogen-bond donors (Lipinski definition) is 3. The lowest BCUT2D eigenvalue weighted by Crippen LogP contribution is -2.32. The van der Waals surface area contributed by atoms with E-state index in [-0.39, 0.29) is 18.4 Å². The fraction of sp³-hybridized carbons (Fsp3) is 0.360. The molecule has 0 fully saturated rings. The predicted molar refractivity (Wildman–Crippen MR) is 122 cm³/mol. The summed E-state index contributed by atoms with van der Waals surface area (Å²) in [6.45, 7) is 1.37. The third-order valence-electron chi connectivity index (χ3n) is 5.31. The molecule has 5 heteroatoms. The van der Waals surface area contributed by atoms with Crippen LogP contribution in [-0.4, -0.2) is 31.4 Å². The molecule has 3 rings (SSSR count). The molecule has 0 aromatic heterocycles. The predicted octanol–water partition coefficient (Wildman–Crippen LogP) is 4.08. The Balaban J connectivity index is 1.43. The molecule has 5 nitrogen and oxygen atoms in total. The van der Waals surface area contributed by atoms with Gasteiger partial charge in [-0.1, -0.05) is 54.1 Å². The Hall–Kier alpha value is -3.08. The van der Waals surface area contributed by atoms with E-state index >= 15 is 0 Å². The van der Waals surface area contributed by atoms with Crippen molar-refractivity contribution in [1.82, 2.24) is 10.6 Å². The molecule has 1 aliphatic carbocycles. The van der Waals surface area contributed by atoms with E-state index in [4.69, 9.17) is 0 Å². The Bertz CT molecular complexity index is 862. The van der Waals surface area contributed by atoms with Crippen LogP contribution in [-0.2, 0) is 11.2 Å². The SMILES string of the molecule is O=C(CNc1ccccc1C(=O)NCCc1ccccc1)NCCC1=CCCCC1. The summed E-state index contributed by atoms with van der Waals surface area (Å²) in [4.78, 5) is 24.8. The van der Waals surface area contributed by atoms with Gasteiger partial charge in [0, 0.05) is 18.8 Å². The second-order valence-corrected chi connectivity index (χ2v) is 7.60. The number of carbonyl (C=O) groups is 2. The van der Waals surface area contributed by atoms with Crippen molar-refractivity contribution in [2.75, 3.05) is 25.0 Å². The quantitative estimate of drug-likeness (QED) is 0.522. The number of hydrogen-bond acceptors (Lipinski definition) is 3. The molecule has 1 aliphatic rings. The van der Waals surface area contributed by atoms with E-state index in [0.29, 0.717) is 24.3 Å². The molecular weight excluding hydrogens is 374 g/mol. The average molecular weight is 406 g/mol. The fourth-order valence-electron chi connectivity index (χ4n) is 3.63. The van der Waals surface area contributed by atoms with Crippen LogP contribution in [0, 0.1) is 0 Å². The lowest BCUT2D eigenvalue weighted by Gasteiger charge is -2.14. The Morgan fingerprint density at radius 2 is 1.60 bits per heavy atom. The van der Waals surface area contributed by atoms with Gasteiger partial charge in [0.1, 0.15) is 0 Å². The molecule has 0 saturated heterocycles. The van der Waals surface area contributed by atoms with Gasteiger partial charge in [0.25, 0.3) is 5.91 Å². The summed E-state index contributed by atoms with van der Waals surface area (Å²) in [7, 11) is 0. The highest BCUT2D eigenvalue weighted by molar-refractivity contribution is 6.00. The maximum Gasteiger partial charge on any atom is 0.253 e. The van der Waals surface area contributed by atoms with Crippen LogP contribution in [0.5, 0.6) is 0 Å². The van der Waals surface area contributed by atoms with Crippen molar-refractivity contribution in [3.05, 3.63) is 77.4 Å². The zero-order chi connectivity index (χ0) is 21.0. The number of nitrogens with one attached hydrogen (secondary N) is 3. The molecule has 2 aromatic carbocycles. The van der Waals surface area contributed by atoms with Crippen molar-refractivity contribution < 1.29 is 9.59 Å². The van der Waals surface area contributed by atoms with E-state index in [9.17, 15) is 9.59 Å². The van der Waals surface area contributed by atoms with Gasteiger partial charge in [-0.25, -0.2) is 0 Å². The summed E-state index contributed by atoms with van der Waals surface area (Å²) in [6.07, 6.45) is 8.86. The fourth-order valence-corrected chi connectivity index (χ4v) is 3.63. The van der Waals surface area contributed by atoms with Crippen molar-refractivity contribution in [2.45, 2.75) is 38.5 Å². The van der Waals surface area contributed by atoms with E-state index in [1.165, 1.54) is 24.0 Å². The second kappa shape index (κ2) is 11.8. The van der Waals surface area contributed by atoms with E-state index in [2.05, 4.69) is 22.0 Å². The molecule has 2 amide bonds. The Morgan fingerprint density at radius 1 is 0.833 bits per heavy atom. The van der Waals surface area contributed by atoms with E-state index < -0.39 is 0 Å². The highest BCUT2D eigenvalue weighted by atomic mass is 16.2. The molecule has 0 radical (unpaired) electrons. The first-order valence-electron chi connectivity index (χ1n) is 10.8. The molecule has 0 atom stereocenters. The van der Waals surface area contributed by atoms with Gasteiger partial charge in [0.2, 0.25) is 5.91 Å². The van der Waals surface area contributed by atoms with Gasteiger partial charge in [-0.2, -0.15) is 0 Å². The largest absolute Gasteiger partial charge is 0.376 e. The Kier molecular flexibility index (Phi) is 8.51. The van der Waals surface area contributed by atoms with Gasteiger partial charge >= 0.3 is 0 Å². The second-order valence-electron chi connectivity index (χ2n) is 7.60. The molecule has 0 heterocycles. The van der Waals surface area contributed by atoms with Crippen molar-refractivity contribution in [1.29, 1.82) is 0 Å². The Morgan fingerprint density at radius 3 is 2.40 bits per heavy atom. The standard InChI is InChI=1S/C25H31N3O2/c29-24(26-17-15-20-9-3-1-4-10-20)19-28-23-14-8-7-13-22(23)25(30)27-18-16-21-11-5-2-6-12-21/h2,5-9,11-14,28H,1,3-4,10,15-19H2,(H,26,29)(H,27,30). The summed E-state index contributed by atoms with van der Waals surface area (Å²) in [6, 6.07) is 17.3. The summed E-state index contributed by atoms with van der Waals surface area (Å²) >= 11 is 0. The topological polar surface area (TPSA) is 70.2 Å². The number of carbonyl (C=O) groups excluding carboxylic acids is 2. The molecule has 0 saturated carbocycles. The minimum Gasteiger partial charge on any atom is -0.376 e. The number of para-hydroxylation sites is 1. The molecule has 0 bridgehead atoms. The highest BCUT2D eigenvalue weighted by Gasteiger charge is 2.11. The van der Waals surface area contributed by atoms with Gasteiger partial charge in [0.05, 0.1) is 12.1 Å². The van der Waals surface area contributed by atoms with Gasteiger partial charge in [-0.3, -0.25) is 9.59 Å². The summed E-state index contributed by atoms with van der Waals surface area (Å²) in [5.74, 6) is -0.204. The first kappa shape index (κ1) is 21.6. The molecule has 0 spiro atoms. The first-order chi connectivity index (χ1) is 14.7. The average Bonchev–Trinajstić information content (AvgIpc) is 2.79. The minimum absolute atomic E-state index is 0.0642. The van der Waals surface area contributed by atoms with Crippen LogP contribution in [0.15, 0.2) is 66.2 Å². The van der Waals surface area contributed by atoms with Crippen LogP contribution >= 0.6 is 0 Å². The van der Waals surface area contributed by atoms with E-state index in [1.807, 2.05) is 48.5 Å². The van der Waals surface area contributed by atoms with Crippen LogP contribution in [0.4, 0.5) is 5.69 Å². The maximum absolute atomic E-state index is 12.6. The summed E-state index contributed by atoms with van der Waals surface area (Å²) in [5, 5.41) is 9.02. The van der Waals surface area contributed by atoms with Crippen LogP contribution in [0.1, 0.15) is 48.0 Å². The lowest BCUT2D eigenvalue weighted by atomic mass is 9.97. The van der Waals surface area contributed by atoms with E-state index in [1.54, 1.807) is 6.07 Å². The monoisotopic (exact) mass is 405 g/mol. The first-order valence-corrected chi connectivity index (χ1v) is 10.8. The molecule has 3 N–H and O–H groups in total.